The van der Waals surface area contributed by atoms with E-state index in [2.05, 4.69) is 0 Å². The zero-order valence-corrected chi connectivity index (χ0v) is 7.86. The van der Waals surface area contributed by atoms with Crippen molar-refractivity contribution in [2.75, 3.05) is 13.2 Å². The van der Waals surface area contributed by atoms with Gasteiger partial charge in [0.2, 0.25) is 0 Å². The first-order valence-electron chi connectivity index (χ1n) is 4.36. The van der Waals surface area contributed by atoms with Gasteiger partial charge in [-0.25, -0.2) is 0 Å². The number of aliphatic hydroxyl groups excluding tert-OH is 1. The monoisotopic (exact) mass is 194 g/mol. The minimum absolute atomic E-state index is 0.0202. The SMILES string of the molecule is N=C(N)c1cccc(COCCO)c1. The van der Waals surface area contributed by atoms with Gasteiger partial charge in [0.25, 0.3) is 0 Å². The van der Waals surface area contributed by atoms with Crippen molar-refractivity contribution in [1.29, 1.82) is 5.41 Å². The average Bonchev–Trinajstić information content (AvgIpc) is 2.19. The van der Waals surface area contributed by atoms with E-state index in [0.717, 1.165) is 5.56 Å². The number of benzene rings is 1. The Bertz CT molecular complexity index is 313. The van der Waals surface area contributed by atoms with Crippen LogP contribution in [0.25, 0.3) is 0 Å². The van der Waals surface area contributed by atoms with Crippen molar-refractivity contribution in [3.05, 3.63) is 35.4 Å². The zero-order chi connectivity index (χ0) is 10.4. The second-order valence-electron chi connectivity index (χ2n) is 2.89. The maximum atomic E-state index is 8.51. The van der Waals surface area contributed by atoms with Gasteiger partial charge in [-0.15, -0.1) is 0 Å². The van der Waals surface area contributed by atoms with Crippen molar-refractivity contribution < 1.29 is 9.84 Å². The summed E-state index contributed by atoms with van der Waals surface area (Å²) in [5.41, 5.74) is 6.98. The standard InChI is InChI=1S/C10H14N2O2/c11-10(12)9-3-1-2-8(6-9)7-14-5-4-13/h1-3,6,13H,4-5,7H2,(H3,11,12). The molecule has 76 valence electrons. The van der Waals surface area contributed by atoms with E-state index in [4.69, 9.17) is 21.0 Å². The molecule has 0 heterocycles. The molecular formula is C10H14N2O2. The third-order valence-electron chi connectivity index (χ3n) is 1.74. The van der Waals surface area contributed by atoms with Gasteiger partial charge in [0.05, 0.1) is 19.8 Å². The molecule has 0 bridgehead atoms. The van der Waals surface area contributed by atoms with Crippen molar-refractivity contribution in [1.82, 2.24) is 0 Å². The summed E-state index contributed by atoms with van der Waals surface area (Å²) in [5, 5.41) is 15.8. The van der Waals surface area contributed by atoms with E-state index < -0.39 is 0 Å². The highest BCUT2D eigenvalue weighted by atomic mass is 16.5. The molecule has 4 N–H and O–H groups in total. The van der Waals surface area contributed by atoms with Crippen LogP contribution in [0.2, 0.25) is 0 Å². The summed E-state index contributed by atoms with van der Waals surface area (Å²) in [6, 6.07) is 7.30. The molecule has 1 aromatic carbocycles. The maximum absolute atomic E-state index is 8.51. The van der Waals surface area contributed by atoms with E-state index in [0.29, 0.717) is 18.8 Å². The highest BCUT2D eigenvalue weighted by Gasteiger charge is 1.98. The summed E-state index contributed by atoms with van der Waals surface area (Å²) in [6.07, 6.45) is 0. The normalized spacial score (nSPS) is 10.1. The fourth-order valence-electron chi connectivity index (χ4n) is 1.08. The lowest BCUT2D eigenvalue weighted by Gasteiger charge is -2.04. The Kier molecular flexibility index (Phi) is 4.10. The Morgan fingerprint density at radius 1 is 1.50 bits per heavy atom. The minimum atomic E-state index is 0.0202. The molecular weight excluding hydrogens is 180 g/mol. The van der Waals surface area contributed by atoms with Gasteiger partial charge in [-0.1, -0.05) is 18.2 Å². The molecule has 0 aliphatic heterocycles. The molecule has 0 amide bonds. The predicted octanol–water partition coefficient (Wildman–Crippen LogP) is 0.480. The van der Waals surface area contributed by atoms with Crippen LogP contribution >= 0.6 is 0 Å². The van der Waals surface area contributed by atoms with Crippen LogP contribution < -0.4 is 5.73 Å². The molecule has 0 atom stereocenters. The Morgan fingerprint density at radius 2 is 2.29 bits per heavy atom. The number of rotatable bonds is 5. The third kappa shape index (κ3) is 3.16. The number of ether oxygens (including phenoxy) is 1. The van der Waals surface area contributed by atoms with E-state index in [1.807, 2.05) is 12.1 Å². The van der Waals surface area contributed by atoms with E-state index in [9.17, 15) is 0 Å². The molecule has 0 fully saturated rings. The first-order chi connectivity index (χ1) is 6.74. The number of hydrogen-bond acceptors (Lipinski definition) is 3. The molecule has 0 saturated heterocycles. The number of nitrogens with one attached hydrogen (secondary N) is 1. The summed E-state index contributed by atoms with van der Waals surface area (Å²) in [4.78, 5) is 0. The van der Waals surface area contributed by atoms with Gasteiger partial charge in [0, 0.05) is 5.56 Å². The van der Waals surface area contributed by atoms with Gasteiger partial charge in [-0.3, -0.25) is 5.41 Å². The number of aliphatic hydroxyl groups is 1. The maximum Gasteiger partial charge on any atom is 0.122 e. The predicted molar refractivity (Wildman–Crippen MR) is 54.2 cm³/mol. The summed E-state index contributed by atoms with van der Waals surface area (Å²) < 4.78 is 5.14. The average molecular weight is 194 g/mol. The summed E-state index contributed by atoms with van der Waals surface area (Å²) in [5.74, 6) is 0.0500. The van der Waals surface area contributed by atoms with E-state index >= 15 is 0 Å². The van der Waals surface area contributed by atoms with Crippen molar-refractivity contribution >= 4 is 5.84 Å². The second-order valence-corrected chi connectivity index (χ2v) is 2.89. The van der Waals surface area contributed by atoms with Crippen LogP contribution in [-0.4, -0.2) is 24.2 Å². The van der Waals surface area contributed by atoms with Gasteiger partial charge in [0.1, 0.15) is 5.84 Å². The number of nitrogens with two attached hydrogens (primary N) is 1. The van der Waals surface area contributed by atoms with Crippen LogP contribution in [0.3, 0.4) is 0 Å². The summed E-state index contributed by atoms with van der Waals surface area (Å²) in [6.45, 7) is 0.776. The Labute approximate surface area is 82.8 Å². The molecule has 14 heavy (non-hydrogen) atoms. The van der Waals surface area contributed by atoms with E-state index in [1.165, 1.54) is 0 Å². The number of hydrogen-bond donors (Lipinski definition) is 3. The van der Waals surface area contributed by atoms with Crippen molar-refractivity contribution in [2.45, 2.75) is 6.61 Å². The Hall–Kier alpha value is -1.39. The summed E-state index contributed by atoms with van der Waals surface area (Å²) in [7, 11) is 0. The molecule has 1 aromatic rings. The van der Waals surface area contributed by atoms with Crippen molar-refractivity contribution in [3.63, 3.8) is 0 Å². The first-order valence-corrected chi connectivity index (χ1v) is 4.36. The van der Waals surface area contributed by atoms with Gasteiger partial charge >= 0.3 is 0 Å². The molecule has 4 heteroatoms. The Morgan fingerprint density at radius 3 is 2.93 bits per heavy atom. The van der Waals surface area contributed by atoms with Crippen LogP contribution in [0.15, 0.2) is 24.3 Å². The smallest absolute Gasteiger partial charge is 0.122 e. The largest absolute Gasteiger partial charge is 0.394 e. The fraction of sp³-hybridized carbons (Fsp3) is 0.300. The molecule has 0 radical (unpaired) electrons. The molecule has 4 nitrogen and oxygen atoms in total. The molecule has 0 unspecified atom stereocenters. The van der Waals surface area contributed by atoms with Crippen molar-refractivity contribution in [3.8, 4) is 0 Å². The first kappa shape index (κ1) is 10.7. The van der Waals surface area contributed by atoms with Gasteiger partial charge in [-0.2, -0.15) is 0 Å². The van der Waals surface area contributed by atoms with E-state index in [-0.39, 0.29) is 12.4 Å². The van der Waals surface area contributed by atoms with Crippen LogP contribution in [0.5, 0.6) is 0 Å². The topological polar surface area (TPSA) is 79.3 Å². The summed E-state index contributed by atoms with van der Waals surface area (Å²) >= 11 is 0. The number of amidine groups is 1. The van der Waals surface area contributed by atoms with Crippen molar-refractivity contribution in [2.24, 2.45) is 5.73 Å². The molecule has 1 rings (SSSR count). The molecule has 0 saturated carbocycles. The fourth-order valence-corrected chi connectivity index (χ4v) is 1.08. The highest BCUT2D eigenvalue weighted by Crippen LogP contribution is 2.05. The van der Waals surface area contributed by atoms with Gasteiger partial charge in [0.15, 0.2) is 0 Å². The molecule has 0 aliphatic carbocycles. The number of nitrogen functional groups attached to an aromatic ring is 1. The quantitative estimate of drug-likeness (QED) is 0.362. The third-order valence-corrected chi connectivity index (χ3v) is 1.74. The van der Waals surface area contributed by atoms with Gasteiger partial charge in [-0.05, 0) is 11.6 Å². The minimum Gasteiger partial charge on any atom is -0.394 e. The molecule has 0 aliphatic rings. The lowest BCUT2D eigenvalue weighted by atomic mass is 10.1. The van der Waals surface area contributed by atoms with Crippen LogP contribution in [0.1, 0.15) is 11.1 Å². The highest BCUT2D eigenvalue weighted by molar-refractivity contribution is 5.95. The van der Waals surface area contributed by atoms with E-state index in [1.54, 1.807) is 12.1 Å². The Balaban J connectivity index is 2.59. The van der Waals surface area contributed by atoms with Crippen LogP contribution in [-0.2, 0) is 11.3 Å². The second kappa shape index (κ2) is 5.36. The lowest BCUT2D eigenvalue weighted by molar-refractivity contribution is 0.0815. The van der Waals surface area contributed by atoms with Crippen LogP contribution in [0.4, 0.5) is 0 Å². The lowest BCUT2D eigenvalue weighted by Crippen LogP contribution is -2.11. The molecule has 0 spiro atoms. The van der Waals surface area contributed by atoms with Gasteiger partial charge < -0.3 is 15.6 Å². The zero-order valence-electron chi connectivity index (χ0n) is 7.86. The molecule has 0 aromatic heterocycles. The van der Waals surface area contributed by atoms with Crippen LogP contribution in [0, 0.1) is 5.41 Å².